The van der Waals surface area contributed by atoms with E-state index in [1.807, 2.05) is 45.2 Å². The molecule has 6 heteroatoms. The minimum absolute atomic E-state index is 0.0350. The SMILES string of the molecule is CCC(NC(=O)N(CCC(=O)O)C(C)(C)C)c1cccs1. The predicted octanol–water partition coefficient (Wildman–Crippen LogP) is 3.48. The Morgan fingerprint density at radius 2 is 2.10 bits per heavy atom. The number of thiophene rings is 1. The van der Waals surface area contributed by atoms with Crippen molar-refractivity contribution in [3.8, 4) is 0 Å². The molecular formula is C15H24N2O3S. The number of carbonyl (C=O) groups is 2. The van der Waals surface area contributed by atoms with Gasteiger partial charge in [0, 0.05) is 17.0 Å². The van der Waals surface area contributed by atoms with Crippen molar-refractivity contribution in [2.75, 3.05) is 6.54 Å². The molecule has 118 valence electrons. The standard InChI is InChI=1S/C15H24N2O3S/c1-5-11(12-7-6-10-21-12)16-14(20)17(15(2,3)4)9-8-13(18)19/h6-7,10-11H,5,8-9H2,1-4H3,(H,16,20)(H,18,19). The molecule has 0 aliphatic heterocycles. The maximum Gasteiger partial charge on any atom is 0.318 e. The van der Waals surface area contributed by atoms with Gasteiger partial charge < -0.3 is 15.3 Å². The number of hydrogen-bond donors (Lipinski definition) is 2. The predicted molar refractivity (Wildman–Crippen MR) is 84.6 cm³/mol. The quantitative estimate of drug-likeness (QED) is 0.845. The van der Waals surface area contributed by atoms with Gasteiger partial charge in [0.15, 0.2) is 0 Å². The summed E-state index contributed by atoms with van der Waals surface area (Å²) in [5.41, 5.74) is -0.423. The second-order valence-corrected chi connectivity index (χ2v) is 6.87. The van der Waals surface area contributed by atoms with Crippen molar-refractivity contribution < 1.29 is 14.7 Å². The van der Waals surface area contributed by atoms with E-state index in [4.69, 9.17) is 5.11 Å². The number of rotatable bonds is 6. The minimum Gasteiger partial charge on any atom is -0.481 e. The number of carboxylic acid groups (broad SMARTS) is 1. The fraction of sp³-hybridized carbons (Fsp3) is 0.600. The van der Waals surface area contributed by atoms with E-state index in [1.165, 1.54) is 0 Å². The van der Waals surface area contributed by atoms with Crippen molar-refractivity contribution in [3.05, 3.63) is 22.4 Å². The lowest BCUT2D eigenvalue weighted by atomic mass is 10.1. The van der Waals surface area contributed by atoms with Crippen LogP contribution in [0.2, 0.25) is 0 Å². The molecule has 0 saturated heterocycles. The molecule has 2 amide bonds. The van der Waals surface area contributed by atoms with Crippen LogP contribution >= 0.6 is 11.3 Å². The fourth-order valence-corrected chi connectivity index (χ4v) is 2.90. The van der Waals surface area contributed by atoms with Crippen molar-refractivity contribution in [3.63, 3.8) is 0 Å². The Balaban J connectivity index is 2.78. The number of nitrogens with zero attached hydrogens (tertiary/aromatic N) is 1. The number of aliphatic carboxylic acids is 1. The Bertz CT molecular complexity index is 466. The molecule has 21 heavy (non-hydrogen) atoms. The number of hydrogen-bond acceptors (Lipinski definition) is 3. The lowest BCUT2D eigenvalue weighted by molar-refractivity contribution is -0.137. The molecule has 0 aromatic carbocycles. The molecule has 0 radical (unpaired) electrons. The summed E-state index contributed by atoms with van der Waals surface area (Å²) < 4.78 is 0. The van der Waals surface area contributed by atoms with Crippen LogP contribution in [-0.2, 0) is 4.79 Å². The molecule has 1 atom stereocenters. The highest BCUT2D eigenvalue weighted by molar-refractivity contribution is 7.10. The largest absolute Gasteiger partial charge is 0.481 e. The van der Waals surface area contributed by atoms with E-state index < -0.39 is 11.5 Å². The highest BCUT2D eigenvalue weighted by atomic mass is 32.1. The van der Waals surface area contributed by atoms with Gasteiger partial charge in [0.1, 0.15) is 0 Å². The van der Waals surface area contributed by atoms with Gasteiger partial charge in [-0.05, 0) is 38.6 Å². The summed E-state index contributed by atoms with van der Waals surface area (Å²) in [5, 5.41) is 13.8. The minimum atomic E-state index is -0.901. The van der Waals surface area contributed by atoms with Gasteiger partial charge in [0.05, 0.1) is 12.5 Å². The van der Waals surface area contributed by atoms with E-state index in [-0.39, 0.29) is 25.0 Å². The highest BCUT2D eigenvalue weighted by Gasteiger charge is 2.28. The lowest BCUT2D eigenvalue weighted by Gasteiger charge is -2.36. The summed E-state index contributed by atoms with van der Waals surface area (Å²) in [6.45, 7) is 7.93. The van der Waals surface area contributed by atoms with Crippen LogP contribution in [0, 0.1) is 0 Å². The first-order valence-corrected chi connectivity index (χ1v) is 7.97. The smallest absolute Gasteiger partial charge is 0.318 e. The topological polar surface area (TPSA) is 69.6 Å². The first-order valence-electron chi connectivity index (χ1n) is 7.09. The van der Waals surface area contributed by atoms with Crippen LogP contribution in [0.3, 0.4) is 0 Å². The molecule has 1 unspecified atom stereocenters. The molecule has 1 rings (SSSR count). The van der Waals surface area contributed by atoms with Crippen LogP contribution in [0.4, 0.5) is 4.79 Å². The van der Waals surface area contributed by atoms with E-state index in [2.05, 4.69) is 5.32 Å². The molecule has 1 aromatic heterocycles. The van der Waals surface area contributed by atoms with E-state index in [0.717, 1.165) is 11.3 Å². The van der Waals surface area contributed by atoms with E-state index >= 15 is 0 Å². The number of urea groups is 1. The summed E-state index contributed by atoms with van der Waals surface area (Å²) in [5.74, 6) is -0.901. The maximum absolute atomic E-state index is 12.5. The Labute approximate surface area is 130 Å². The normalized spacial score (nSPS) is 12.8. The molecule has 0 bridgehead atoms. The molecule has 1 heterocycles. The second kappa shape index (κ2) is 7.45. The Morgan fingerprint density at radius 1 is 1.43 bits per heavy atom. The van der Waals surface area contributed by atoms with Gasteiger partial charge >= 0.3 is 12.0 Å². The monoisotopic (exact) mass is 312 g/mol. The van der Waals surface area contributed by atoms with Gasteiger partial charge in [-0.2, -0.15) is 0 Å². The van der Waals surface area contributed by atoms with Crippen molar-refractivity contribution in [1.82, 2.24) is 10.2 Å². The van der Waals surface area contributed by atoms with Gasteiger partial charge in [0.25, 0.3) is 0 Å². The summed E-state index contributed by atoms with van der Waals surface area (Å²) in [6.07, 6.45) is 0.740. The zero-order valence-electron chi connectivity index (χ0n) is 13.0. The molecular weight excluding hydrogens is 288 g/mol. The average Bonchev–Trinajstić information content (AvgIpc) is 2.87. The number of nitrogens with one attached hydrogen (secondary N) is 1. The van der Waals surface area contributed by atoms with Gasteiger partial charge in [-0.1, -0.05) is 13.0 Å². The third kappa shape index (κ3) is 5.38. The highest BCUT2D eigenvalue weighted by Crippen LogP contribution is 2.23. The Morgan fingerprint density at radius 3 is 2.52 bits per heavy atom. The Hall–Kier alpha value is -1.56. The first-order chi connectivity index (χ1) is 9.75. The number of carbonyl (C=O) groups excluding carboxylic acids is 1. The van der Waals surface area contributed by atoms with Crippen LogP contribution in [0.1, 0.15) is 51.5 Å². The van der Waals surface area contributed by atoms with Gasteiger partial charge in [-0.15, -0.1) is 11.3 Å². The van der Waals surface area contributed by atoms with E-state index in [9.17, 15) is 9.59 Å². The molecule has 5 nitrogen and oxygen atoms in total. The summed E-state index contributed by atoms with van der Waals surface area (Å²) in [6, 6.07) is 3.70. The average molecular weight is 312 g/mol. The summed E-state index contributed by atoms with van der Waals surface area (Å²) >= 11 is 1.61. The number of amides is 2. The van der Waals surface area contributed by atoms with Crippen LogP contribution < -0.4 is 5.32 Å². The zero-order valence-corrected chi connectivity index (χ0v) is 13.9. The molecule has 0 aliphatic carbocycles. The van der Waals surface area contributed by atoms with E-state index in [1.54, 1.807) is 16.2 Å². The Kier molecular flexibility index (Phi) is 6.20. The second-order valence-electron chi connectivity index (χ2n) is 5.89. The third-order valence-electron chi connectivity index (χ3n) is 3.20. The third-order valence-corrected chi connectivity index (χ3v) is 4.18. The molecule has 0 fully saturated rings. The lowest BCUT2D eigenvalue weighted by Crippen LogP contribution is -2.51. The fourth-order valence-electron chi connectivity index (χ4n) is 2.04. The molecule has 0 saturated carbocycles. The van der Waals surface area contributed by atoms with Crippen LogP contribution in [0.15, 0.2) is 17.5 Å². The van der Waals surface area contributed by atoms with Gasteiger partial charge in [-0.3, -0.25) is 4.79 Å². The maximum atomic E-state index is 12.5. The first kappa shape index (κ1) is 17.5. The molecule has 1 aromatic rings. The molecule has 2 N–H and O–H groups in total. The van der Waals surface area contributed by atoms with Crippen LogP contribution in [-0.4, -0.2) is 34.1 Å². The summed E-state index contributed by atoms with van der Waals surface area (Å²) in [4.78, 5) is 25.9. The van der Waals surface area contributed by atoms with Gasteiger partial charge in [0.2, 0.25) is 0 Å². The van der Waals surface area contributed by atoms with Crippen molar-refractivity contribution in [2.24, 2.45) is 0 Å². The van der Waals surface area contributed by atoms with Crippen molar-refractivity contribution in [1.29, 1.82) is 0 Å². The molecule has 0 spiro atoms. The summed E-state index contributed by atoms with van der Waals surface area (Å²) in [7, 11) is 0. The van der Waals surface area contributed by atoms with Crippen LogP contribution in [0.25, 0.3) is 0 Å². The number of carboxylic acids is 1. The zero-order chi connectivity index (χ0) is 16.0. The van der Waals surface area contributed by atoms with Crippen molar-refractivity contribution >= 4 is 23.3 Å². The molecule has 0 aliphatic rings. The van der Waals surface area contributed by atoms with Crippen molar-refractivity contribution in [2.45, 2.75) is 52.1 Å². The van der Waals surface area contributed by atoms with E-state index in [0.29, 0.717) is 0 Å². The van der Waals surface area contributed by atoms with Gasteiger partial charge in [-0.25, -0.2) is 4.79 Å². The van der Waals surface area contributed by atoms with Crippen LogP contribution in [0.5, 0.6) is 0 Å².